The van der Waals surface area contributed by atoms with Gasteiger partial charge in [-0.05, 0) is 81.9 Å². The quantitative estimate of drug-likeness (QED) is 0.217. The Hall–Kier alpha value is -3.90. The average molecular weight is 567 g/mol. The molecule has 2 heterocycles. The lowest BCUT2D eigenvalue weighted by Crippen LogP contribution is -2.45. The summed E-state index contributed by atoms with van der Waals surface area (Å²) in [4.78, 5) is 9.81. The van der Waals surface area contributed by atoms with E-state index in [9.17, 15) is 0 Å². The zero-order valence-corrected chi connectivity index (χ0v) is 25.7. The number of ether oxygens (including phenoxy) is 2. The second-order valence-corrected chi connectivity index (χ2v) is 11.3. The van der Waals surface area contributed by atoms with E-state index in [0.717, 1.165) is 77.7 Å². The number of methoxy groups -OCH3 is 1. The topological polar surface area (TPSA) is 61.1 Å². The number of aliphatic imine (C=N–C) groups is 1. The van der Waals surface area contributed by atoms with Crippen LogP contribution >= 0.6 is 0 Å². The number of allylic oxidation sites excluding steroid dienone is 8. The molecule has 1 aromatic carbocycles. The fourth-order valence-electron chi connectivity index (χ4n) is 6.19. The predicted molar refractivity (Wildman–Crippen MR) is 177 cm³/mol. The van der Waals surface area contributed by atoms with E-state index in [0.29, 0.717) is 31.0 Å². The Morgan fingerprint density at radius 1 is 1.26 bits per heavy atom. The first-order valence-electron chi connectivity index (χ1n) is 15.1. The lowest BCUT2D eigenvalue weighted by Gasteiger charge is -2.41. The zero-order valence-electron chi connectivity index (χ0n) is 25.7. The van der Waals surface area contributed by atoms with E-state index in [4.69, 9.17) is 14.9 Å². The van der Waals surface area contributed by atoms with E-state index in [2.05, 4.69) is 85.1 Å². The summed E-state index contributed by atoms with van der Waals surface area (Å²) in [7, 11) is 1.73. The average Bonchev–Trinajstić information content (AvgIpc) is 3.28. The number of fused-ring (bicyclic) bond motifs is 2. The number of rotatable bonds is 11. The van der Waals surface area contributed by atoms with Gasteiger partial charge in [0.1, 0.15) is 5.76 Å². The third-order valence-corrected chi connectivity index (χ3v) is 8.30. The van der Waals surface area contributed by atoms with Crippen LogP contribution in [0.15, 0.2) is 108 Å². The first kappa shape index (κ1) is 31.0. The molecule has 6 nitrogen and oxygen atoms in total. The predicted octanol–water partition coefficient (Wildman–Crippen LogP) is 8.07. The smallest absolute Gasteiger partial charge is 0.189 e. The summed E-state index contributed by atoms with van der Waals surface area (Å²) in [6.07, 6.45) is 22.4. The summed E-state index contributed by atoms with van der Waals surface area (Å²) in [6, 6.07) is 7.69. The highest BCUT2D eigenvalue weighted by molar-refractivity contribution is 5.84. The molecule has 0 bridgehead atoms. The minimum absolute atomic E-state index is 0.296. The number of anilines is 1. The number of nitrogens with one attached hydrogen (secondary N) is 1. The molecule has 0 radical (unpaired) electrons. The molecule has 4 rings (SSSR count). The van der Waals surface area contributed by atoms with E-state index >= 15 is 0 Å². The molecule has 3 atom stereocenters. The van der Waals surface area contributed by atoms with Crippen molar-refractivity contribution in [2.45, 2.75) is 77.4 Å². The van der Waals surface area contributed by atoms with Crippen molar-refractivity contribution >= 4 is 17.6 Å². The molecule has 3 unspecified atom stereocenters. The van der Waals surface area contributed by atoms with Gasteiger partial charge >= 0.3 is 0 Å². The van der Waals surface area contributed by atoms with Gasteiger partial charge in [-0.2, -0.15) is 0 Å². The molecule has 222 valence electrons. The number of benzene rings is 1. The van der Waals surface area contributed by atoms with Crippen molar-refractivity contribution in [3.05, 3.63) is 108 Å². The van der Waals surface area contributed by atoms with Crippen LogP contribution < -0.4 is 9.64 Å². The number of nitrogens with zero attached hydrogens (tertiary/aromatic N) is 3. The second kappa shape index (κ2) is 14.8. The summed E-state index contributed by atoms with van der Waals surface area (Å²) in [5.74, 6) is 2.48. The summed E-state index contributed by atoms with van der Waals surface area (Å²) < 4.78 is 12.5. The molecule has 6 heteroatoms. The summed E-state index contributed by atoms with van der Waals surface area (Å²) >= 11 is 0. The third kappa shape index (κ3) is 7.29. The maximum absolute atomic E-state index is 7.28. The molecule has 1 N–H and O–H groups in total. The van der Waals surface area contributed by atoms with Crippen molar-refractivity contribution in [3.8, 4) is 5.75 Å². The standard InChI is InChI=1S/C36H46N4O2/c1-7-9-21-38-27(4)25-39-28(5)16-18-31(24-30(39)8-2)40-32-19-17-29(22-26(3)13-12-20-37)23-35(32)42-36-33(40)14-10-11-15-34(36)41-6/h7,9-14,17,19-21,23,28,30-31,37H,1,3,8,15-16,18,22,24-25H2,2,4-6H3/b13-12-,21-9-,37-20?,38-27?. The first-order chi connectivity index (χ1) is 20.4. The molecule has 1 fully saturated rings. The molecule has 1 aromatic rings. The van der Waals surface area contributed by atoms with Crippen molar-refractivity contribution < 1.29 is 9.47 Å². The molecular formula is C36H46N4O2. The van der Waals surface area contributed by atoms with Crippen LogP contribution in [0.4, 0.5) is 5.69 Å². The van der Waals surface area contributed by atoms with Gasteiger partial charge in [-0.15, -0.1) is 0 Å². The Labute approximate surface area is 252 Å². The van der Waals surface area contributed by atoms with E-state index in [1.165, 1.54) is 6.21 Å². The Morgan fingerprint density at radius 3 is 2.83 bits per heavy atom. The summed E-state index contributed by atoms with van der Waals surface area (Å²) in [6.45, 7) is 15.6. The van der Waals surface area contributed by atoms with Crippen LogP contribution in [0.3, 0.4) is 0 Å². The molecule has 0 saturated carbocycles. The maximum Gasteiger partial charge on any atom is 0.189 e. The molecular weight excluding hydrogens is 520 g/mol. The van der Waals surface area contributed by atoms with Crippen LogP contribution in [0.25, 0.3) is 0 Å². The molecule has 42 heavy (non-hydrogen) atoms. The Morgan fingerprint density at radius 2 is 2.10 bits per heavy atom. The van der Waals surface area contributed by atoms with Crippen molar-refractivity contribution in [1.82, 2.24) is 4.90 Å². The lowest BCUT2D eigenvalue weighted by atomic mass is 9.97. The second-order valence-electron chi connectivity index (χ2n) is 11.3. The fraction of sp³-hybridized carbons (Fsp3) is 0.389. The van der Waals surface area contributed by atoms with Crippen LogP contribution in [-0.2, 0) is 11.2 Å². The van der Waals surface area contributed by atoms with Gasteiger partial charge < -0.3 is 19.8 Å². The van der Waals surface area contributed by atoms with E-state index in [1.54, 1.807) is 19.3 Å². The molecule has 2 aliphatic heterocycles. The zero-order chi connectivity index (χ0) is 30.1. The van der Waals surface area contributed by atoms with Crippen molar-refractivity contribution in [2.24, 2.45) is 4.99 Å². The molecule has 0 aromatic heterocycles. The Bertz CT molecular complexity index is 1350. The minimum Gasteiger partial charge on any atom is -0.497 e. The van der Waals surface area contributed by atoms with Gasteiger partial charge in [0, 0.05) is 49.2 Å². The van der Waals surface area contributed by atoms with E-state index < -0.39 is 0 Å². The normalized spacial score (nSPS) is 23.1. The van der Waals surface area contributed by atoms with Gasteiger partial charge in [-0.25, -0.2) is 0 Å². The van der Waals surface area contributed by atoms with Gasteiger partial charge in [0.15, 0.2) is 11.5 Å². The molecule has 1 saturated heterocycles. The van der Waals surface area contributed by atoms with Crippen molar-refractivity contribution in [1.29, 1.82) is 5.41 Å². The van der Waals surface area contributed by atoms with Crippen LogP contribution in [0.5, 0.6) is 5.75 Å². The molecule has 0 amide bonds. The van der Waals surface area contributed by atoms with E-state index in [-0.39, 0.29) is 0 Å². The maximum atomic E-state index is 7.28. The fourth-order valence-corrected chi connectivity index (χ4v) is 6.19. The molecule has 0 spiro atoms. The number of hydrogen-bond acceptors (Lipinski definition) is 6. The van der Waals surface area contributed by atoms with Gasteiger partial charge in [0.2, 0.25) is 0 Å². The highest BCUT2D eigenvalue weighted by Gasteiger charge is 2.38. The van der Waals surface area contributed by atoms with Crippen LogP contribution in [0.1, 0.15) is 58.4 Å². The largest absolute Gasteiger partial charge is 0.497 e. The SMILES string of the molecule is C=C/C=C\N=C(C)CN1C(C)CCC(N2C3=CC=CCC(OC)=C3Oc3cc(CC(=C)/C=C\C=N)ccc32)CC1CC. The van der Waals surface area contributed by atoms with Crippen LogP contribution in [-0.4, -0.2) is 48.6 Å². The lowest BCUT2D eigenvalue weighted by molar-refractivity contribution is 0.163. The summed E-state index contributed by atoms with van der Waals surface area (Å²) in [5, 5.41) is 7.28. The van der Waals surface area contributed by atoms with Crippen LogP contribution in [0, 0.1) is 5.41 Å². The summed E-state index contributed by atoms with van der Waals surface area (Å²) in [5.41, 5.74) is 5.34. The van der Waals surface area contributed by atoms with Crippen molar-refractivity contribution in [3.63, 3.8) is 0 Å². The van der Waals surface area contributed by atoms with E-state index in [1.807, 2.05) is 18.4 Å². The van der Waals surface area contributed by atoms with Gasteiger partial charge in [0.05, 0.1) is 18.5 Å². The highest BCUT2D eigenvalue weighted by atomic mass is 16.5. The van der Waals surface area contributed by atoms with Crippen molar-refractivity contribution in [2.75, 3.05) is 18.6 Å². The van der Waals surface area contributed by atoms with Crippen LogP contribution in [0.2, 0.25) is 0 Å². The first-order valence-corrected chi connectivity index (χ1v) is 15.1. The van der Waals surface area contributed by atoms with Gasteiger partial charge in [-0.1, -0.05) is 56.0 Å². The molecule has 3 aliphatic rings. The minimum atomic E-state index is 0.296. The Kier molecular flexibility index (Phi) is 11.0. The highest BCUT2D eigenvalue weighted by Crippen LogP contribution is 2.46. The number of hydrogen-bond donors (Lipinski definition) is 1. The number of likely N-dealkylation sites (tertiary alicyclic amines) is 1. The molecule has 1 aliphatic carbocycles. The monoisotopic (exact) mass is 566 g/mol. The van der Waals surface area contributed by atoms with Gasteiger partial charge in [0.25, 0.3) is 0 Å². The third-order valence-electron chi connectivity index (χ3n) is 8.30. The Balaban J connectivity index is 1.72. The van der Waals surface area contributed by atoms with Gasteiger partial charge in [-0.3, -0.25) is 9.89 Å².